The van der Waals surface area contributed by atoms with Crippen molar-refractivity contribution in [3.05, 3.63) is 34.1 Å². The Kier molecular flexibility index (Phi) is 1.56. The van der Waals surface area contributed by atoms with Crippen molar-refractivity contribution in [3.8, 4) is 6.07 Å². The van der Waals surface area contributed by atoms with Gasteiger partial charge in [0.25, 0.3) is 0 Å². The molecule has 0 saturated heterocycles. The van der Waals surface area contributed by atoms with Gasteiger partial charge in [-0.15, -0.1) is 0 Å². The van der Waals surface area contributed by atoms with Crippen molar-refractivity contribution in [2.45, 2.75) is 0 Å². The van der Waals surface area contributed by atoms with Crippen molar-refractivity contribution < 1.29 is 4.98 Å². The van der Waals surface area contributed by atoms with Crippen LogP contribution in [0.25, 0.3) is 21.9 Å². The van der Waals surface area contributed by atoms with Gasteiger partial charge in [0.15, 0.2) is 11.8 Å². The van der Waals surface area contributed by atoms with Crippen LogP contribution in [-0.2, 0) is 0 Å². The number of benzene rings is 1. The molecule has 0 aliphatic heterocycles. The summed E-state index contributed by atoms with van der Waals surface area (Å²) in [5, 5.41) is 18.6. The van der Waals surface area contributed by atoms with E-state index in [1.165, 1.54) is 6.20 Å². The quantitative estimate of drug-likeness (QED) is 0.552. The fraction of sp³-hybridized carbons (Fsp3) is 0. The van der Waals surface area contributed by atoms with Crippen LogP contribution in [0.4, 0.5) is 0 Å². The molecule has 6 heteroatoms. The summed E-state index contributed by atoms with van der Waals surface area (Å²) in [6.07, 6.45) is 1.41. The van der Waals surface area contributed by atoms with Crippen LogP contribution in [0.1, 0.15) is 5.56 Å². The summed E-state index contributed by atoms with van der Waals surface area (Å²) >= 11 is 0. The number of rotatable bonds is 0. The summed E-state index contributed by atoms with van der Waals surface area (Å²) in [6, 6.07) is 5.27. The van der Waals surface area contributed by atoms with Crippen LogP contribution in [0.3, 0.4) is 0 Å². The molecular weight excluding hydrogens is 206 g/mol. The second-order valence-corrected chi connectivity index (χ2v) is 3.41. The third kappa shape index (κ3) is 1.02. The molecule has 0 spiro atoms. The zero-order chi connectivity index (χ0) is 11.1. The zero-order valence-electron chi connectivity index (χ0n) is 8.03. The number of fused-ring (bicyclic) bond motifs is 2. The Morgan fingerprint density at radius 2 is 2.31 bits per heavy atom. The number of nitriles is 1. The van der Waals surface area contributed by atoms with Gasteiger partial charge in [-0.2, -0.15) is 10.4 Å². The molecular formula is C10H6N5O+. The highest BCUT2D eigenvalue weighted by atomic mass is 16.1. The van der Waals surface area contributed by atoms with E-state index >= 15 is 0 Å². The van der Waals surface area contributed by atoms with Crippen LogP contribution >= 0.6 is 0 Å². The Morgan fingerprint density at radius 1 is 1.44 bits per heavy atom. The van der Waals surface area contributed by atoms with Gasteiger partial charge in [0.2, 0.25) is 10.9 Å². The Bertz CT molecular complexity index is 792. The molecule has 3 aromatic rings. The summed E-state index contributed by atoms with van der Waals surface area (Å²) in [7, 11) is 0. The van der Waals surface area contributed by atoms with Gasteiger partial charge < -0.3 is 0 Å². The highest BCUT2D eigenvalue weighted by Crippen LogP contribution is 2.13. The van der Waals surface area contributed by atoms with E-state index < -0.39 is 0 Å². The van der Waals surface area contributed by atoms with Crippen molar-refractivity contribution in [2.75, 3.05) is 0 Å². The first-order valence-corrected chi connectivity index (χ1v) is 4.61. The Hall–Kier alpha value is -2.68. The lowest BCUT2D eigenvalue weighted by Gasteiger charge is -1.91. The molecule has 1 aromatic carbocycles. The average Bonchev–Trinajstić information content (AvgIpc) is 2.74. The summed E-state index contributed by atoms with van der Waals surface area (Å²) in [6.45, 7) is 0. The first-order chi connectivity index (χ1) is 7.79. The molecule has 0 aliphatic carbocycles. The third-order valence-electron chi connectivity index (χ3n) is 2.48. The lowest BCUT2D eigenvalue weighted by atomic mass is 10.1. The molecule has 0 radical (unpaired) electrons. The smallest absolute Gasteiger partial charge is 0.217 e. The number of aromatic amines is 3. The molecule has 0 bridgehead atoms. The van der Waals surface area contributed by atoms with Gasteiger partial charge in [-0.25, -0.2) is 10.2 Å². The maximum absolute atomic E-state index is 11.8. The highest BCUT2D eigenvalue weighted by molar-refractivity contribution is 5.90. The van der Waals surface area contributed by atoms with Crippen molar-refractivity contribution in [3.63, 3.8) is 0 Å². The zero-order valence-corrected chi connectivity index (χ0v) is 8.03. The monoisotopic (exact) mass is 212 g/mol. The molecule has 2 aromatic heterocycles. The SMILES string of the molecule is N#Cc1c[nH+]c2cc3[nH][nH]nc3cc2c1=O. The van der Waals surface area contributed by atoms with E-state index in [4.69, 9.17) is 5.26 Å². The molecule has 0 unspecified atom stereocenters. The molecule has 0 fully saturated rings. The minimum atomic E-state index is -0.277. The standard InChI is InChI=1S/C10H5N5O/c11-3-5-4-12-7-2-9-8(13-15-14-9)1-6(7)10(5)16/h1-2,4,14-15H/p+1. The van der Waals surface area contributed by atoms with Crippen molar-refractivity contribution in [1.29, 1.82) is 5.26 Å². The van der Waals surface area contributed by atoms with Crippen LogP contribution in [0.2, 0.25) is 0 Å². The predicted molar refractivity (Wildman–Crippen MR) is 55.5 cm³/mol. The maximum Gasteiger partial charge on any atom is 0.217 e. The van der Waals surface area contributed by atoms with Crippen LogP contribution in [-0.4, -0.2) is 15.4 Å². The lowest BCUT2D eigenvalue weighted by Crippen LogP contribution is -2.15. The van der Waals surface area contributed by atoms with Gasteiger partial charge in [0.05, 0.1) is 10.9 Å². The first kappa shape index (κ1) is 8.61. The topological polar surface area (TPSA) is 99.5 Å². The number of pyridine rings is 1. The predicted octanol–water partition coefficient (Wildman–Crippen LogP) is 0.0902. The molecule has 3 rings (SSSR count). The molecule has 76 valence electrons. The Balaban J connectivity index is 2.56. The van der Waals surface area contributed by atoms with Gasteiger partial charge in [-0.1, -0.05) is 0 Å². The van der Waals surface area contributed by atoms with Crippen LogP contribution in [0, 0.1) is 11.3 Å². The molecule has 2 heterocycles. The number of nitrogens with zero attached hydrogens (tertiary/aromatic N) is 2. The largest absolute Gasteiger partial charge is 0.287 e. The van der Waals surface area contributed by atoms with E-state index in [0.29, 0.717) is 16.4 Å². The number of hydrogen-bond donors (Lipinski definition) is 2. The van der Waals surface area contributed by atoms with E-state index in [9.17, 15) is 4.79 Å². The summed E-state index contributed by atoms with van der Waals surface area (Å²) in [4.78, 5) is 14.7. The van der Waals surface area contributed by atoms with E-state index in [1.54, 1.807) is 12.1 Å². The van der Waals surface area contributed by atoms with Gasteiger partial charge in [-0.3, -0.25) is 9.89 Å². The van der Waals surface area contributed by atoms with Crippen molar-refractivity contribution >= 4 is 21.9 Å². The fourth-order valence-corrected chi connectivity index (χ4v) is 1.68. The first-order valence-electron chi connectivity index (χ1n) is 4.61. The van der Waals surface area contributed by atoms with Gasteiger partial charge in [-0.05, 0) is 6.07 Å². The number of nitrogens with one attached hydrogen (secondary N) is 3. The normalized spacial score (nSPS) is 10.7. The van der Waals surface area contributed by atoms with E-state index in [-0.39, 0.29) is 11.0 Å². The van der Waals surface area contributed by atoms with E-state index in [1.807, 2.05) is 6.07 Å². The van der Waals surface area contributed by atoms with Crippen molar-refractivity contribution in [2.24, 2.45) is 0 Å². The second-order valence-electron chi connectivity index (χ2n) is 3.41. The van der Waals surface area contributed by atoms with Gasteiger partial charge >= 0.3 is 0 Å². The fourth-order valence-electron chi connectivity index (χ4n) is 1.68. The highest BCUT2D eigenvalue weighted by Gasteiger charge is 2.12. The van der Waals surface area contributed by atoms with Crippen LogP contribution < -0.4 is 10.4 Å². The molecule has 0 atom stereocenters. The van der Waals surface area contributed by atoms with Crippen molar-refractivity contribution in [1.82, 2.24) is 15.4 Å². The summed E-state index contributed by atoms with van der Waals surface area (Å²) in [5.74, 6) is 0. The van der Waals surface area contributed by atoms with Gasteiger partial charge in [0.1, 0.15) is 11.6 Å². The molecule has 0 aliphatic rings. The molecule has 16 heavy (non-hydrogen) atoms. The second kappa shape index (κ2) is 2.90. The van der Waals surface area contributed by atoms with Gasteiger partial charge in [0, 0.05) is 6.07 Å². The summed E-state index contributed by atoms with van der Waals surface area (Å²) in [5.41, 5.74) is 1.96. The summed E-state index contributed by atoms with van der Waals surface area (Å²) < 4.78 is 0. The minimum Gasteiger partial charge on any atom is -0.287 e. The minimum absolute atomic E-state index is 0.103. The molecule has 3 N–H and O–H groups in total. The lowest BCUT2D eigenvalue weighted by molar-refractivity contribution is -0.344. The number of aromatic nitrogens is 4. The van der Waals surface area contributed by atoms with Crippen LogP contribution in [0.15, 0.2) is 23.1 Å². The number of H-pyrrole nitrogens is 3. The van der Waals surface area contributed by atoms with E-state index in [0.717, 1.165) is 5.52 Å². The van der Waals surface area contributed by atoms with Crippen LogP contribution in [0.5, 0.6) is 0 Å². The Labute approximate surface area is 88.5 Å². The maximum atomic E-state index is 11.8. The van der Waals surface area contributed by atoms with E-state index in [2.05, 4.69) is 20.4 Å². The number of hydrogen-bond acceptors (Lipinski definition) is 3. The third-order valence-corrected chi connectivity index (χ3v) is 2.48. The Morgan fingerprint density at radius 3 is 3.12 bits per heavy atom. The average molecular weight is 212 g/mol. The molecule has 0 amide bonds. The molecule has 6 nitrogen and oxygen atoms in total. The molecule has 0 saturated carbocycles.